The van der Waals surface area contributed by atoms with Crippen molar-refractivity contribution in [3.8, 4) is 0 Å². The van der Waals surface area contributed by atoms with Gasteiger partial charge in [0.05, 0.1) is 0 Å². The Balaban J connectivity index is 3.81. The molecule has 6 heteroatoms. The normalized spacial score (nSPS) is 8.12. The summed E-state index contributed by atoms with van der Waals surface area (Å²) in [6, 6.07) is 0. The Bertz CT molecular complexity index is 197. The SMILES string of the molecule is O=C(Cl)CN=S(=O)=O. The molecule has 0 rings (SSSR count). The van der Waals surface area contributed by atoms with Gasteiger partial charge in [0, 0.05) is 0 Å². The quantitative estimate of drug-likeness (QED) is 0.520. The fourth-order valence-electron chi connectivity index (χ4n) is 0.103. The Morgan fingerprint density at radius 3 is 2.25 bits per heavy atom. The first-order valence-corrected chi connectivity index (χ1v) is 2.99. The molecule has 0 atom stereocenters. The van der Waals surface area contributed by atoms with Crippen molar-refractivity contribution >= 4 is 27.3 Å². The van der Waals surface area contributed by atoms with E-state index >= 15 is 0 Å². The Morgan fingerprint density at radius 1 is 1.62 bits per heavy atom. The molecule has 4 nitrogen and oxygen atoms in total. The topological polar surface area (TPSA) is 63.6 Å². The van der Waals surface area contributed by atoms with Gasteiger partial charge in [0.15, 0.2) is 0 Å². The maximum absolute atomic E-state index is 9.75. The van der Waals surface area contributed by atoms with Gasteiger partial charge in [0.1, 0.15) is 6.54 Å². The van der Waals surface area contributed by atoms with Crippen LogP contribution >= 0.6 is 11.6 Å². The van der Waals surface area contributed by atoms with Gasteiger partial charge in [-0.1, -0.05) is 0 Å². The second kappa shape index (κ2) is 3.57. The zero-order valence-electron chi connectivity index (χ0n) is 3.67. The van der Waals surface area contributed by atoms with Crippen molar-refractivity contribution in [2.45, 2.75) is 0 Å². The van der Waals surface area contributed by atoms with E-state index in [2.05, 4.69) is 4.36 Å². The molecule has 0 saturated carbocycles. The van der Waals surface area contributed by atoms with Crippen LogP contribution in [0.25, 0.3) is 0 Å². The molecule has 46 valence electrons. The van der Waals surface area contributed by atoms with Crippen LogP contribution in [0.4, 0.5) is 0 Å². The van der Waals surface area contributed by atoms with E-state index in [9.17, 15) is 13.2 Å². The van der Waals surface area contributed by atoms with Gasteiger partial charge >= 0.3 is 10.5 Å². The Kier molecular flexibility index (Phi) is 3.38. The van der Waals surface area contributed by atoms with Gasteiger partial charge in [-0.05, 0) is 11.6 Å². The first-order valence-electron chi connectivity index (χ1n) is 1.58. The van der Waals surface area contributed by atoms with E-state index in [1.165, 1.54) is 0 Å². The molecule has 0 aromatic heterocycles. The molecule has 0 heterocycles. The van der Waals surface area contributed by atoms with E-state index in [0.717, 1.165) is 0 Å². The summed E-state index contributed by atoms with van der Waals surface area (Å²) in [6.45, 7) is -0.475. The van der Waals surface area contributed by atoms with E-state index < -0.39 is 22.3 Å². The summed E-state index contributed by atoms with van der Waals surface area (Å²) in [5.74, 6) is 0. The molecule has 0 bridgehead atoms. The molecule has 0 N–H and O–H groups in total. The molecule has 0 spiro atoms. The van der Waals surface area contributed by atoms with Gasteiger partial charge in [-0.2, -0.15) is 12.8 Å². The summed E-state index contributed by atoms with van der Waals surface area (Å²) in [4.78, 5) is 9.75. The van der Waals surface area contributed by atoms with Gasteiger partial charge < -0.3 is 0 Å². The Morgan fingerprint density at radius 2 is 2.12 bits per heavy atom. The van der Waals surface area contributed by atoms with Gasteiger partial charge in [-0.25, -0.2) is 0 Å². The first kappa shape index (κ1) is 7.58. The average molecular weight is 156 g/mol. The van der Waals surface area contributed by atoms with Crippen molar-refractivity contribution in [2.75, 3.05) is 6.54 Å². The van der Waals surface area contributed by atoms with Crippen molar-refractivity contribution in [3.63, 3.8) is 0 Å². The fourth-order valence-corrected chi connectivity index (χ4v) is 0.457. The molecule has 0 fully saturated rings. The second-order valence-corrected chi connectivity index (χ2v) is 1.97. The highest BCUT2D eigenvalue weighted by atomic mass is 35.5. The van der Waals surface area contributed by atoms with Crippen LogP contribution in [0.2, 0.25) is 0 Å². The third-order valence-electron chi connectivity index (χ3n) is 0.294. The minimum Gasteiger partial charge on any atom is -0.279 e. The van der Waals surface area contributed by atoms with E-state index in [4.69, 9.17) is 11.6 Å². The van der Waals surface area contributed by atoms with Crippen molar-refractivity contribution < 1.29 is 13.2 Å². The number of nitrogens with zero attached hydrogens (tertiary/aromatic N) is 1. The molecule has 0 unspecified atom stereocenters. The highest BCUT2D eigenvalue weighted by molar-refractivity contribution is 7.61. The van der Waals surface area contributed by atoms with Crippen LogP contribution in [0.3, 0.4) is 0 Å². The molecular formula is C2H2ClNO3S. The summed E-state index contributed by atoms with van der Waals surface area (Å²) >= 11 is 4.72. The number of rotatable bonds is 2. The number of halogens is 1. The van der Waals surface area contributed by atoms with Crippen LogP contribution in [-0.4, -0.2) is 20.2 Å². The Labute approximate surface area is 52.2 Å². The first-order chi connectivity index (χ1) is 3.63. The average Bonchev–Trinajstić information content (AvgIpc) is 1.61. The molecule has 0 aromatic carbocycles. The highest BCUT2D eigenvalue weighted by Crippen LogP contribution is 1.78. The zero-order chi connectivity index (χ0) is 6.57. The predicted molar refractivity (Wildman–Crippen MR) is 27.1 cm³/mol. The van der Waals surface area contributed by atoms with Crippen LogP contribution < -0.4 is 0 Å². The molecule has 0 aliphatic rings. The van der Waals surface area contributed by atoms with Crippen molar-refractivity contribution in [1.82, 2.24) is 0 Å². The highest BCUT2D eigenvalue weighted by Gasteiger charge is 1.89. The molecular weight excluding hydrogens is 154 g/mol. The van der Waals surface area contributed by atoms with Gasteiger partial charge in [-0.3, -0.25) is 4.79 Å². The number of hydrogen-bond acceptors (Lipinski definition) is 4. The molecule has 0 aromatic rings. The summed E-state index contributed by atoms with van der Waals surface area (Å²) in [7, 11) is -2.52. The van der Waals surface area contributed by atoms with Crippen LogP contribution in [-0.2, 0) is 15.3 Å². The Hall–Kier alpha value is -0.420. The fraction of sp³-hybridized carbons (Fsp3) is 0.500. The lowest BCUT2D eigenvalue weighted by molar-refractivity contribution is -0.110. The van der Waals surface area contributed by atoms with Crippen LogP contribution in [0.1, 0.15) is 0 Å². The van der Waals surface area contributed by atoms with Crippen molar-refractivity contribution in [3.05, 3.63) is 0 Å². The maximum Gasteiger partial charge on any atom is 0.311 e. The third kappa shape index (κ3) is 5.58. The monoisotopic (exact) mass is 155 g/mol. The summed E-state index contributed by atoms with van der Waals surface area (Å²) in [5.41, 5.74) is 0. The maximum atomic E-state index is 9.75. The second-order valence-electron chi connectivity index (χ2n) is 0.859. The molecule has 0 saturated heterocycles. The molecule has 0 amide bonds. The van der Waals surface area contributed by atoms with E-state index in [-0.39, 0.29) is 0 Å². The standard InChI is InChI=1S/C2H2ClNO3S/c3-2(5)1-4-8(6)7/h1H2. The minimum atomic E-state index is -2.52. The predicted octanol–water partition coefficient (Wildman–Crippen LogP) is -0.185. The van der Waals surface area contributed by atoms with Gasteiger partial charge in [0.25, 0.3) is 0 Å². The lowest BCUT2D eigenvalue weighted by Crippen LogP contribution is -1.88. The van der Waals surface area contributed by atoms with Gasteiger partial charge in [0.2, 0.25) is 5.24 Å². The molecule has 0 aliphatic carbocycles. The summed E-state index contributed by atoms with van der Waals surface area (Å²) in [6.07, 6.45) is 0. The lowest BCUT2D eigenvalue weighted by Gasteiger charge is -1.71. The van der Waals surface area contributed by atoms with Crippen molar-refractivity contribution in [2.24, 2.45) is 4.36 Å². The number of carbonyl (C=O) groups excluding carboxylic acids is 1. The third-order valence-corrected chi connectivity index (χ3v) is 0.754. The smallest absolute Gasteiger partial charge is 0.279 e. The summed E-state index contributed by atoms with van der Waals surface area (Å²) in [5, 5.41) is -0.783. The van der Waals surface area contributed by atoms with Crippen LogP contribution in [0.5, 0.6) is 0 Å². The largest absolute Gasteiger partial charge is 0.311 e. The number of hydrogen-bond donors (Lipinski definition) is 0. The van der Waals surface area contributed by atoms with Crippen LogP contribution in [0, 0.1) is 0 Å². The lowest BCUT2D eigenvalue weighted by atomic mass is 10.8. The number of carbonyl (C=O) groups is 1. The minimum absolute atomic E-state index is 0.475. The van der Waals surface area contributed by atoms with Gasteiger partial charge in [-0.15, -0.1) is 0 Å². The van der Waals surface area contributed by atoms with E-state index in [0.29, 0.717) is 0 Å². The van der Waals surface area contributed by atoms with E-state index in [1.54, 1.807) is 0 Å². The molecule has 8 heavy (non-hydrogen) atoms. The van der Waals surface area contributed by atoms with Crippen molar-refractivity contribution in [1.29, 1.82) is 0 Å². The summed E-state index contributed by atoms with van der Waals surface area (Å²) < 4.78 is 21.8. The molecule has 0 aliphatic heterocycles. The molecule has 0 radical (unpaired) electrons. The van der Waals surface area contributed by atoms with E-state index in [1.807, 2.05) is 0 Å². The van der Waals surface area contributed by atoms with Crippen LogP contribution in [0.15, 0.2) is 4.36 Å². The zero-order valence-corrected chi connectivity index (χ0v) is 5.24.